The Balaban J connectivity index is 2.37. The van der Waals surface area contributed by atoms with Crippen LogP contribution in [0.5, 0.6) is 0 Å². The Morgan fingerprint density at radius 2 is 1.06 bits per heavy atom. The number of hydrogen-bond acceptors (Lipinski definition) is 1. The fraction of sp³-hybridized carbons (Fsp3) is 1.00. The van der Waals surface area contributed by atoms with E-state index in [0.29, 0.717) is 12.0 Å². The SMILES string of the molecule is CC(C)C(N)C1CCCCCCCCCCC1. The highest BCUT2D eigenvalue weighted by atomic mass is 14.7. The lowest BCUT2D eigenvalue weighted by Gasteiger charge is -2.27. The normalized spacial score (nSPS) is 24.0. The zero-order valence-corrected chi connectivity index (χ0v) is 12.1. The molecule has 1 atom stereocenters. The van der Waals surface area contributed by atoms with Crippen molar-refractivity contribution in [3.63, 3.8) is 0 Å². The Labute approximate surface area is 109 Å². The molecule has 0 amide bonds. The summed E-state index contributed by atoms with van der Waals surface area (Å²) in [5, 5.41) is 0. The third-order valence-electron chi connectivity index (χ3n) is 4.46. The monoisotopic (exact) mass is 239 g/mol. The molecule has 0 saturated heterocycles. The van der Waals surface area contributed by atoms with Gasteiger partial charge in [0.25, 0.3) is 0 Å². The maximum absolute atomic E-state index is 6.37. The summed E-state index contributed by atoms with van der Waals surface area (Å²) in [6, 6.07) is 0.429. The maximum Gasteiger partial charge on any atom is 0.00903 e. The second-order valence-corrected chi connectivity index (χ2v) is 6.34. The summed E-state index contributed by atoms with van der Waals surface area (Å²) in [6.07, 6.45) is 15.7. The molecule has 1 unspecified atom stereocenters. The molecule has 1 saturated carbocycles. The molecule has 1 fully saturated rings. The quantitative estimate of drug-likeness (QED) is 0.729. The second-order valence-electron chi connectivity index (χ2n) is 6.34. The average molecular weight is 239 g/mol. The zero-order valence-electron chi connectivity index (χ0n) is 12.1. The Bertz CT molecular complexity index is 164. The Kier molecular flexibility index (Phi) is 7.92. The molecule has 1 nitrogen and oxygen atoms in total. The predicted octanol–water partition coefficient (Wildman–Crippen LogP) is 4.89. The van der Waals surface area contributed by atoms with E-state index in [1.807, 2.05) is 0 Å². The molecule has 0 bridgehead atoms. The van der Waals surface area contributed by atoms with E-state index < -0.39 is 0 Å². The van der Waals surface area contributed by atoms with Crippen molar-refractivity contribution in [3.05, 3.63) is 0 Å². The van der Waals surface area contributed by atoms with Gasteiger partial charge in [0.1, 0.15) is 0 Å². The number of hydrogen-bond donors (Lipinski definition) is 1. The lowest BCUT2D eigenvalue weighted by atomic mass is 9.83. The second kappa shape index (κ2) is 8.97. The van der Waals surface area contributed by atoms with Gasteiger partial charge in [-0.2, -0.15) is 0 Å². The summed E-state index contributed by atoms with van der Waals surface area (Å²) in [5.41, 5.74) is 6.37. The standard InChI is InChI=1S/C16H33N/c1-14(2)16(17)15-12-10-8-6-4-3-5-7-9-11-13-15/h14-16H,3-13,17H2,1-2H3. The first-order valence-electron chi connectivity index (χ1n) is 7.97. The summed E-state index contributed by atoms with van der Waals surface area (Å²) in [4.78, 5) is 0. The number of nitrogens with two attached hydrogens (primary N) is 1. The maximum atomic E-state index is 6.37. The summed E-state index contributed by atoms with van der Waals surface area (Å²) in [5.74, 6) is 1.43. The van der Waals surface area contributed by atoms with Gasteiger partial charge in [0, 0.05) is 6.04 Å². The van der Waals surface area contributed by atoms with Crippen molar-refractivity contribution < 1.29 is 0 Å². The van der Waals surface area contributed by atoms with Crippen molar-refractivity contribution in [3.8, 4) is 0 Å². The highest BCUT2D eigenvalue weighted by molar-refractivity contribution is 4.76. The molecule has 0 aromatic rings. The fourth-order valence-corrected chi connectivity index (χ4v) is 3.12. The minimum atomic E-state index is 0.429. The van der Waals surface area contributed by atoms with Crippen LogP contribution in [-0.2, 0) is 0 Å². The van der Waals surface area contributed by atoms with Gasteiger partial charge in [-0.25, -0.2) is 0 Å². The van der Waals surface area contributed by atoms with Crippen LogP contribution < -0.4 is 5.73 Å². The molecule has 0 aromatic heterocycles. The van der Waals surface area contributed by atoms with Gasteiger partial charge in [0.2, 0.25) is 0 Å². The van der Waals surface area contributed by atoms with Crippen LogP contribution >= 0.6 is 0 Å². The topological polar surface area (TPSA) is 26.0 Å². The fourth-order valence-electron chi connectivity index (χ4n) is 3.12. The van der Waals surface area contributed by atoms with E-state index in [9.17, 15) is 0 Å². The minimum absolute atomic E-state index is 0.429. The Morgan fingerprint density at radius 1 is 0.706 bits per heavy atom. The third kappa shape index (κ3) is 6.45. The molecule has 1 heteroatoms. The lowest BCUT2D eigenvalue weighted by Crippen LogP contribution is -2.35. The summed E-state index contributed by atoms with van der Waals surface area (Å²) >= 11 is 0. The zero-order chi connectivity index (χ0) is 12.5. The summed E-state index contributed by atoms with van der Waals surface area (Å²) in [6.45, 7) is 4.56. The minimum Gasteiger partial charge on any atom is -0.327 e. The van der Waals surface area contributed by atoms with Crippen molar-refractivity contribution in [1.82, 2.24) is 0 Å². The van der Waals surface area contributed by atoms with Gasteiger partial charge < -0.3 is 5.73 Å². The molecule has 1 aliphatic carbocycles. The van der Waals surface area contributed by atoms with Gasteiger partial charge in [-0.05, 0) is 24.7 Å². The molecule has 0 aromatic carbocycles. The van der Waals surface area contributed by atoms with Crippen LogP contribution in [0.4, 0.5) is 0 Å². The smallest absolute Gasteiger partial charge is 0.00903 e. The molecule has 1 rings (SSSR count). The van der Waals surface area contributed by atoms with E-state index in [4.69, 9.17) is 5.73 Å². The van der Waals surface area contributed by atoms with Crippen molar-refractivity contribution in [2.24, 2.45) is 17.6 Å². The van der Waals surface area contributed by atoms with E-state index in [1.54, 1.807) is 0 Å². The van der Waals surface area contributed by atoms with Crippen LogP contribution in [0.25, 0.3) is 0 Å². The van der Waals surface area contributed by atoms with Gasteiger partial charge >= 0.3 is 0 Å². The first-order valence-corrected chi connectivity index (χ1v) is 7.97. The van der Waals surface area contributed by atoms with Gasteiger partial charge in [-0.3, -0.25) is 0 Å². The molecular weight excluding hydrogens is 206 g/mol. The van der Waals surface area contributed by atoms with E-state index in [2.05, 4.69) is 13.8 Å². The van der Waals surface area contributed by atoms with Crippen molar-refractivity contribution in [2.75, 3.05) is 0 Å². The van der Waals surface area contributed by atoms with Crippen LogP contribution in [0, 0.1) is 11.8 Å². The average Bonchev–Trinajstić information content (AvgIpc) is 2.29. The summed E-state index contributed by atoms with van der Waals surface area (Å²) < 4.78 is 0. The van der Waals surface area contributed by atoms with Crippen molar-refractivity contribution >= 4 is 0 Å². The Morgan fingerprint density at radius 3 is 1.41 bits per heavy atom. The molecule has 0 radical (unpaired) electrons. The highest BCUT2D eigenvalue weighted by Gasteiger charge is 2.20. The van der Waals surface area contributed by atoms with Gasteiger partial charge in [0.05, 0.1) is 0 Å². The van der Waals surface area contributed by atoms with Crippen molar-refractivity contribution in [2.45, 2.75) is 90.5 Å². The van der Waals surface area contributed by atoms with Crippen LogP contribution in [-0.4, -0.2) is 6.04 Å². The summed E-state index contributed by atoms with van der Waals surface area (Å²) in [7, 11) is 0. The first-order chi connectivity index (χ1) is 8.22. The largest absolute Gasteiger partial charge is 0.327 e. The van der Waals surface area contributed by atoms with Gasteiger partial charge in [-0.1, -0.05) is 71.6 Å². The van der Waals surface area contributed by atoms with Crippen LogP contribution in [0.1, 0.15) is 84.5 Å². The molecule has 2 N–H and O–H groups in total. The van der Waals surface area contributed by atoms with E-state index in [0.717, 1.165) is 5.92 Å². The molecule has 1 aliphatic rings. The molecule has 0 aliphatic heterocycles. The third-order valence-corrected chi connectivity index (χ3v) is 4.46. The molecule has 0 heterocycles. The molecular formula is C16H33N. The molecule has 17 heavy (non-hydrogen) atoms. The van der Waals surface area contributed by atoms with Gasteiger partial charge in [-0.15, -0.1) is 0 Å². The van der Waals surface area contributed by atoms with E-state index in [-0.39, 0.29) is 0 Å². The van der Waals surface area contributed by atoms with Crippen LogP contribution in [0.3, 0.4) is 0 Å². The van der Waals surface area contributed by atoms with E-state index >= 15 is 0 Å². The van der Waals surface area contributed by atoms with Gasteiger partial charge in [0.15, 0.2) is 0 Å². The Hall–Kier alpha value is -0.0400. The molecule has 0 spiro atoms. The highest BCUT2D eigenvalue weighted by Crippen LogP contribution is 2.25. The van der Waals surface area contributed by atoms with Crippen LogP contribution in [0.2, 0.25) is 0 Å². The first kappa shape index (κ1) is 15.0. The number of rotatable bonds is 2. The van der Waals surface area contributed by atoms with Crippen LogP contribution in [0.15, 0.2) is 0 Å². The predicted molar refractivity (Wildman–Crippen MR) is 77.1 cm³/mol. The lowest BCUT2D eigenvalue weighted by molar-refractivity contribution is 0.287. The molecule has 102 valence electrons. The van der Waals surface area contributed by atoms with E-state index in [1.165, 1.54) is 70.6 Å². The van der Waals surface area contributed by atoms with Crippen molar-refractivity contribution in [1.29, 1.82) is 0 Å².